The fraction of sp³-hybridized carbons (Fsp3) is 0.333. The van der Waals surface area contributed by atoms with E-state index in [1.807, 2.05) is 56.0 Å². The minimum atomic E-state index is -0.426. The van der Waals surface area contributed by atoms with Gasteiger partial charge in [0.15, 0.2) is 5.78 Å². The Labute approximate surface area is 184 Å². The predicted octanol–water partition coefficient (Wildman–Crippen LogP) is 5.55. The number of hydrogen-bond donors (Lipinski definition) is 1. The molecule has 1 heterocycles. The van der Waals surface area contributed by atoms with Crippen LogP contribution in [0.15, 0.2) is 65.1 Å². The Morgan fingerprint density at radius 1 is 1.06 bits per heavy atom. The van der Waals surface area contributed by atoms with Crippen molar-refractivity contribution in [3.05, 3.63) is 87.4 Å². The number of ketones is 1. The topological polar surface area (TPSA) is 70.1 Å². The molecule has 1 aliphatic carbocycles. The Morgan fingerprint density at radius 2 is 1.77 bits per heavy atom. The third kappa shape index (κ3) is 3.55. The van der Waals surface area contributed by atoms with Crippen molar-refractivity contribution in [2.45, 2.75) is 53.4 Å². The lowest BCUT2D eigenvalue weighted by atomic mass is 9.68. The zero-order valence-electron chi connectivity index (χ0n) is 18.9. The van der Waals surface area contributed by atoms with Crippen LogP contribution in [0, 0.1) is 37.5 Å². The van der Waals surface area contributed by atoms with Crippen LogP contribution in [0.25, 0.3) is 0 Å². The maximum Gasteiger partial charge on any atom is 0.162 e. The maximum atomic E-state index is 13.6. The van der Waals surface area contributed by atoms with E-state index in [1.54, 1.807) is 0 Å². The van der Waals surface area contributed by atoms with Crippen molar-refractivity contribution in [1.29, 1.82) is 5.26 Å². The monoisotopic (exact) mass is 411 g/mol. The first-order valence-corrected chi connectivity index (χ1v) is 10.7. The summed E-state index contributed by atoms with van der Waals surface area (Å²) in [5.41, 5.74) is 13.8. The van der Waals surface area contributed by atoms with E-state index in [0.29, 0.717) is 17.8 Å². The molecule has 2 N–H and O–H groups in total. The van der Waals surface area contributed by atoms with E-state index >= 15 is 0 Å². The van der Waals surface area contributed by atoms with E-state index < -0.39 is 5.92 Å². The van der Waals surface area contributed by atoms with Gasteiger partial charge in [-0.15, -0.1) is 0 Å². The van der Waals surface area contributed by atoms with Crippen LogP contribution in [0.5, 0.6) is 0 Å². The smallest absolute Gasteiger partial charge is 0.162 e. The summed E-state index contributed by atoms with van der Waals surface area (Å²) in [5.74, 6) is 0.0988. The molecule has 1 aliphatic heterocycles. The summed E-state index contributed by atoms with van der Waals surface area (Å²) in [6, 6.07) is 16.6. The summed E-state index contributed by atoms with van der Waals surface area (Å²) in [7, 11) is 0. The van der Waals surface area contributed by atoms with Crippen LogP contribution in [0.3, 0.4) is 0 Å². The Kier molecular flexibility index (Phi) is 5.01. The van der Waals surface area contributed by atoms with Crippen molar-refractivity contribution in [3.63, 3.8) is 0 Å². The second-order valence-corrected chi connectivity index (χ2v) is 9.68. The number of rotatable bonds is 2. The summed E-state index contributed by atoms with van der Waals surface area (Å²) in [4.78, 5) is 15.5. The number of nitriles is 1. The van der Waals surface area contributed by atoms with Crippen molar-refractivity contribution >= 4 is 11.5 Å². The SMILES string of the molecule is Cc1cccc(N2C(N)=C(C#N)C(c3ccc(C)cc3C)C3=C2CC(C)(C)CC3=O)c1. The largest absolute Gasteiger partial charge is 0.384 e. The third-order valence-electron chi connectivity index (χ3n) is 6.38. The van der Waals surface area contributed by atoms with Crippen molar-refractivity contribution in [3.8, 4) is 6.07 Å². The average molecular weight is 412 g/mol. The molecule has 0 spiro atoms. The van der Waals surface area contributed by atoms with E-state index in [1.165, 1.54) is 0 Å². The minimum Gasteiger partial charge on any atom is -0.384 e. The van der Waals surface area contributed by atoms with Gasteiger partial charge in [0.2, 0.25) is 0 Å². The summed E-state index contributed by atoms with van der Waals surface area (Å²) >= 11 is 0. The van der Waals surface area contributed by atoms with Crippen LogP contribution in [-0.4, -0.2) is 5.78 Å². The van der Waals surface area contributed by atoms with Gasteiger partial charge in [0.05, 0.1) is 17.6 Å². The summed E-state index contributed by atoms with van der Waals surface area (Å²) in [6.07, 6.45) is 1.19. The highest BCUT2D eigenvalue weighted by molar-refractivity contribution is 6.01. The maximum absolute atomic E-state index is 13.6. The van der Waals surface area contributed by atoms with Crippen molar-refractivity contribution < 1.29 is 4.79 Å². The highest BCUT2D eigenvalue weighted by atomic mass is 16.1. The number of nitrogens with two attached hydrogens (primary N) is 1. The van der Waals surface area contributed by atoms with Crippen molar-refractivity contribution in [1.82, 2.24) is 0 Å². The lowest BCUT2D eigenvalue weighted by Crippen LogP contribution is -2.42. The first-order valence-electron chi connectivity index (χ1n) is 10.7. The van der Waals surface area contributed by atoms with Crippen molar-refractivity contribution in [2.24, 2.45) is 11.1 Å². The van der Waals surface area contributed by atoms with E-state index in [0.717, 1.165) is 45.6 Å². The van der Waals surface area contributed by atoms with Crippen LogP contribution in [-0.2, 0) is 4.79 Å². The molecule has 2 aromatic carbocycles. The zero-order chi connectivity index (χ0) is 22.5. The molecule has 31 heavy (non-hydrogen) atoms. The third-order valence-corrected chi connectivity index (χ3v) is 6.38. The van der Waals surface area contributed by atoms with Gasteiger partial charge in [-0.2, -0.15) is 5.26 Å². The first-order chi connectivity index (χ1) is 14.6. The van der Waals surface area contributed by atoms with Crippen LogP contribution in [0.2, 0.25) is 0 Å². The number of hydrogen-bond acceptors (Lipinski definition) is 4. The molecular formula is C27H29N3O. The van der Waals surface area contributed by atoms with Gasteiger partial charge in [0.25, 0.3) is 0 Å². The van der Waals surface area contributed by atoms with Gasteiger partial charge in [-0.25, -0.2) is 0 Å². The van der Waals surface area contributed by atoms with Crippen LogP contribution < -0.4 is 10.6 Å². The zero-order valence-corrected chi connectivity index (χ0v) is 18.9. The molecule has 2 aromatic rings. The van der Waals surface area contributed by atoms with Crippen LogP contribution >= 0.6 is 0 Å². The number of aryl methyl sites for hydroxylation is 3. The van der Waals surface area contributed by atoms with Crippen LogP contribution in [0.1, 0.15) is 54.9 Å². The molecule has 0 saturated carbocycles. The lowest BCUT2D eigenvalue weighted by Gasteiger charge is -2.44. The molecule has 2 aliphatic rings. The molecule has 0 bridgehead atoms. The van der Waals surface area contributed by atoms with E-state index in [2.05, 4.69) is 32.0 Å². The number of allylic oxidation sites excluding steroid dienone is 3. The number of carbonyl (C=O) groups is 1. The lowest BCUT2D eigenvalue weighted by molar-refractivity contribution is -0.118. The predicted molar refractivity (Wildman–Crippen MR) is 124 cm³/mol. The fourth-order valence-corrected chi connectivity index (χ4v) is 5.03. The van der Waals surface area contributed by atoms with Gasteiger partial charge >= 0.3 is 0 Å². The first kappa shape index (κ1) is 20.9. The molecule has 158 valence electrons. The minimum absolute atomic E-state index is 0.106. The highest BCUT2D eigenvalue weighted by Gasteiger charge is 2.44. The number of Topliss-reactive ketones (excluding diaryl/α,β-unsaturated/α-hetero) is 1. The summed E-state index contributed by atoms with van der Waals surface area (Å²) in [6.45, 7) is 10.4. The van der Waals surface area contributed by atoms with Gasteiger partial charge in [-0.05, 0) is 61.4 Å². The van der Waals surface area contributed by atoms with E-state index in [9.17, 15) is 10.1 Å². The van der Waals surface area contributed by atoms with Gasteiger partial charge < -0.3 is 5.73 Å². The quantitative estimate of drug-likeness (QED) is 0.703. The average Bonchev–Trinajstić information content (AvgIpc) is 2.66. The molecule has 1 unspecified atom stereocenters. The molecular weight excluding hydrogens is 382 g/mol. The molecule has 0 radical (unpaired) electrons. The molecule has 4 rings (SSSR count). The van der Waals surface area contributed by atoms with Gasteiger partial charge in [0, 0.05) is 23.4 Å². The Balaban J connectivity index is 2.03. The molecule has 0 amide bonds. The molecule has 4 heteroatoms. The van der Waals surface area contributed by atoms with Gasteiger partial charge in [-0.1, -0.05) is 49.7 Å². The van der Waals surface area contributed by atoms with Crippen LogP contribution in [0.4, 0.5) is 5.69 Å². The summed E-state index contributed by atoms with van der Waals surface area (Å²) in [5, 5.41) is 10.2. The molecule has 0 saturated heterocycles. The molecule has 0 fully saturated rings. The highest BCUT2D eigenvalue weighted by Crippen LogP contribution is 2.50. The number of anilines is 1. The number of nitrogens with zero attached hydrogens (tertiary/aromatic N) is 2. The number of benzene rings is 2. The summed E-state index contributed by atoms with van der Waals surface area (Å²) < 4.78 is 0. The van der Waals surface area contributed by atoms with Gasteiger partial charge in [0.1, 0.15) is 5.82 Å². The normalized spacial score (nSPS) is 20.6. The van der Waals surface area contributed by atoms with E-state index in [4.69, 9.17) is 5.73 Å². The number of carbonyl (C=O) groups excluding carboxylic acids is 1. The van der Waals surface area contributed by atoms with Gasteiger partial charge in [-0.3, -0.25) is 9.69 Å². The Bertz CT molecular complexity index is 1190. The Hall–Kier alpha value is -3.32. The standard InChI is InChI=1S/C27H29N3O/c1-16-7-6-8-19(12-16)30-22-13-27(4,5)14-23(31)25(22)24(21(15-28)26(30)29)20-10-9-17(2)11-18(20)3/h6-12,24H,13-14,29H2,1-5H3. The Morgan fingerprint density at radius 3 is 2.42 bits per heavy atom. The molecule has 4 nitrogen and oxygen atoms in total. The molecule has 0 aromatic heterocycles. The van der Waals surface area contributed by atoms with Crippen molar-refractivity contribution in [2.75, 3.05) is 4.90 Å². The fourth-order valence-electron chi connectivity index (χ4n) is 5.03. The second-order valence-electron chi connectivity index (χ2n) is 9.68. The molecule has 1 atom stereocenters. The van der Waals surface area contributed by atoms with E-state index in [-0.39, 0.29) is 11.2 Å². The second kappa shape index (κ2) is 7.42.